The van der Waals surface area contributed by atoms with E-state index in [-0.39, 0.29) is 6.04 Å². The highest BCUT2D eigenvalue weighted by Gasteiger charge is 2.14. The summed E-state index contributed by atoms with van der Waals surface area (Å²) in [6, 6.07) is 6.64. The summed E-state index contributed by atoms with van der Waals surface area (Å²) in [7, 11) is 0. The fraction of sp³-hybridized carbons (Fsp3) is 0.385. The Bertz CT molecular complexity index is 360. The van der Waals surface area contributed by atoms with Crippen LogP contribution < -0.4 is 10.1 Å². The Morgan fingerprint density at radius 3 is 3.20 bits per heavy atom. The third kappa shape index (κ3) is 2.05. The molecule has 0 radical (unpaired) electrons. The SMILES string of the molecule is C=CC(NCC)c1ccc2c(c1)CCO2. The zero-order chi connectivity index (χ0) is 10.7. The highest BCUT2D eigenvalue weighted by Crippen LogP contribution is 2.28. The molecule has 1 aromatic rings. The van der Waals surface area contributed by atoms with Gasteiger partial charge in [0, 0.05) is 6.42 Å². The molecule has 0 aromatic heterocycles. The molecular weight excluding hydrogens is 186 g/mol. The number of hydrogen-bond acceptors (Lipinski definition) is 2. The first-order chi connectivity index (χ1) is 7.35. The molecule has 0 saturated heterocycles. The summed E-state index contributed by atoms with van der Waals surface area (Å²) in [6.07, 6.45) is 2.97. The van der Waals surface area contributed by atoms with Crippen LogP contribution in [-0.2, 0) is 6.42 Å². The molecule has 1 aromatic carbocycles. The van der Waals surface area contributed by atoms with Gasteiger partial charge in [0.25, 0.3) is 0 Å². The number of ether oxygens (including phenoxy) is 1. The van der Waals surface area contributed by atoms with Crippen molar-refractivity contribution in [3.63, 3.8) is 0 Å². The Kier molecular flexibility index (Phi) is 3.07. The van der Waals surface area contributed by atoms with Gasteiger partial charge in [-0.25, -0.2) is 0 Å². The molecule has 1 atom stereocenters. The molecule has 2 rings (SSSR count). The van der Waals surface area contributed by atoms with Crippen molar-refractivity contribution >= 4 is 0 Å². The van der Waals surface area contributed by atoms with Crippen LogP contribution in [0.3, 0.4) is 0 Å². The maximum Gasteiger partial charge on any atom is 0.122 e. The van der Waals surface area contributed by atoms with Gasteiger partial charge >= 0.3 is 0 Å². The molecule has 2 nitrogen and oxygen atoms in total. The average Bonchev–Trinajstić information content (AvgIpc) is 2.72. The van der Waals surface area contributed by atoms with Crippen LogP contribution in [0.5, 0.6) is 5.75 Å². The van der Waals surface area contributed by atoms with Gasteiger partial charge in [-0.3, -0.25) is 0 Å². The van der Waals surface area contributed by atoms with Crippen molar-refractivity contribution in [2.24, 2.45) is 0 Å². The second-order valence-corrected chi connectivity index (χ2v) is 3.74. The smallest absolute Gasteiger partial charge is 0.122 e. The van der Waals surface area contributed by atoms with Crippen molar-refractivity contribution in [1.29, 1.82) is 0 Å². The molecule has 0 aliphatic carbocycles. The monoisotopic (exact) mass is 203 g/mol. The Morgan fingerprint density at radius 1 is 1.60 bits per heavy atom. The predicted octanol–water partition coefficient (Wildman–Crippen LogP) is 2.46. The first kappa shape index (κ1) is 10.2. The number of likely N-dealkylation sites (N-methyl/N-ethyl adjacent to an activating group) is 1. The normalized spacial score (nSPS) is 15.5. The van der Waals surface area contributed by atoms with E-state index in [0.29, 0.717) is 0 Å². The van der Waals surface area contributed by atoms with Crippen molar-refractivity contribution in [2.75, 3.05) is 13.2 Å². The van der Waals surface area contributed by atoms with Gasteiger partial charge in [0.2, 0.25) is 0 Å². The van der Waals surface area contributed by atoms with Gasteiger partial charge in [0.05, 0.1) is 12.6 Å². The summed E-state index contributed by atoms with van der Waals surface area (Å²) in [4.78, 5) is 0. The maximum atomic E-state index is 5.48. The fourth-order valence-electron chi connectivity index (χ4n) is 1.96. The summed E-state index contributed by atoms with van der Waals surface area (Å²) in [5, 5.41) is 3.38. The summed E-state index contributed by atoms with van der Waals surface area (Å²) < 4.78 is 5.48. The summed E-state index contributed by atoms with van der Waals surface area (Å²) in [5.41, 5.74) is 2.59. The first-order valence-corrected chi connectivity index (χ1v) is 5.46. The molecular formula is C13H17NO. The molecule has 1 aliphatic heterocycles. The molecule has 1 unspecified atom stereocenters. The Labute approximate surface area is 91.0 Å². The number of rotatable bonds is 4. The lowest BCUT2D eigenvalue weighted by Gasteiger charge is -2.14. The standard InChI is InChI=1S/C13H17NO/c1-3-12(14-4-2)10-5-6-13-11(9-10)7-8-15-13/h3,5-6,9,12,14H,1,4,7-8H2,2H3. The summed E-state index contributed by atoms with van der Waals surface area (Å²) in [6.45, 7) is 7.73. The lowest BCUT2D eigenvalue weighted by molar-refractivity contribution is 0.357. The lowest BCUT2D eigenvalue weighted by Crippen LogP contribution is -2.18. The molecule has 1 N–H and O–H groups in total. The highest BCUT2D eigenvalue weighted by atomic mass is 16.5. The van der Waals surface area contributed by atoms with Crippen LogP contribution in [0.4, 0.5) is 0 Å². The Balaban J connectivity index is 2.24. The van der Waals surface area contributed by atoms with E-state index in [4.69, 9.17) is 4.74 Å². The van der Waals surface area contributed by atoms with Gasteiger partial charge in [0.1, 0.15) is 5.75 Å². The summed E-state index contributed by atoms with van der Waals surface area (Å²) in [5.74, 6) is 1.04. The largest absolute Gasteiger partial charge is 0.493 e. The van der Waals surface area contributed by atoms with E-state index in [1.807, 2.05) is 6.08 Å². The zero-order valence-corrected chi connectivity index (χ0v) is 9.12. The molecule has 0 fully saturated rings. The van der Waals surface area contributed by atoms with Crippen LogP contribution in [0.25, 0.3) is 0 Å². The third-order valence-electron chi connectivity index (χ3n) is 2.73. The predicted molar refractivity (Wildman–Crippen MR) is 62.3 cm³/mol. The third-order valence-corrected chi connectivity index (χ3v) is 2.73. The molecule has 0 bridgehead atoms. The van der Waals surface area contributed by atoms with Crippen LogP contribution in [0.15, 0.2) is 30.9 Å². The van der Waals surface area contributed by atoms with Crippen LogP contribution in [0.1, 0.15) is 24.1 Å². The van der Waals surface area contributed by atoms with E-state index >= 15 is 0 Å². The number of nitrogens with one attached hydrogen (secondary N) is 1. The fourth-order valence-corrected chi connectivity index (χ4v) is 1.96. The van der Waals surface area contributed by atoms with E-state index in [1.165, 1.54) is 11.1 Å². The van der Waals surface area contributed by atoms with Crippen LogP contribution in [-0.4, -0.2) is 13.2 Å². The topological polar surface area (TPSA) is 21.3 Å². The van der Waals surface area contributed by atoms with Gasteiger partial charge in [-0.05, 0) is 23.7 Å². The molecule has 80 valence electrons. The average molecular weight is 203 g/mol. The van der Waals surface area contributed by atoms with Gasteiger partial charge < -0.3 is 10.1 Å². The van der Waals surface area contributed by atoms with E-state index < -0.39 is 0 Å². The Morgan fingerprint density at radius 2 is 2.47 bits per heavy atom. The van der Waals surface area contributed by atoms with E-state index in [2.05, 4.69) is 37.0 Å². The van der Waals surface area contributed by atoms with Crippen molar-refractivity contribution in [3.8, 4) is 5.75 Å². The molecule has 1 aliphatic rings. The number of fused-ring (bicyclic) bond motifs is 1. The highest BCUT2D eigenvalue weighted by molar-refractivity contribution is 5.41. The second-order valence-electron chi connectivity index (χ2n) is 3.74. The van der Waals surface area contributed by atoms with Gasteiger partial charge in [-0.15, -0.1) is 6.58 Å². The quantitative estimate of drug-likeness (QED) is 0.759. The number of benzene rings is 1. The van der Waals surface area contributed by atoms with Gasteiger partial charge in [-0.2, -0.15) is 0 Å². The van der Waals surface area contributed by atoms with Crippen molar-refractivity contribution in [2.45, 2.75) is 19.4 Å². The van der Waals surface area contributed by atoms with Crippen LogP contribution in [0.2, 0.25) is 0 Å². The number of hydrogen-bond donors (Lipinski definition) is 1. The van der Waals surface area contributed by atoms with E-state index in [1.54, 1.807) is 0 Å². The van der Waals surface area contributed by atoms with E-state index in [0.717, 1.165) is 25.3 Å². The lowest BCUT2D eigenvalue weighted by atomic mass is 10.0. The molecule has 1 heterocycles. The molecule has 0 saturated carbocycles. The summed E-state index contributed by atoms with van der Waals surface area (Å²) >= 11 is 0. The van der Waals surface area contributed by atoms with E-state index in [9.17, 15) is 0 Å². The minimum Gasteiger partial charge on any atom is -0.493 e. The van der Waals surface area contributed by atoms with Crippen molar-refractivity contribution < 1.29 is 4.74 Å². The molecule has 0 spiro atoms. The van der Waals surface area contributed by atoms with Crippen LogP contribution >= 0.6 is 0 Å². The van der Waals surface area contributed by atoms with Gasteiger partial charge in [0.15, 0.2) is 0 Å². The van der Waals surface area contributed by atoms with Crippen molar-refractivity contribution in [1.82, 2.24) is 5.32 Å². The van der Waals surface area contributed by atoms with Gasteiger partial charge in [-0.1, -0.05) is 25.1 Å². The first-order valence-electron chi connectivity index (χ1n) is 5.46. The van der Waals surface area contributed by atoms with Crippen molar-refractivity contribution in [3.05, 3.63) is 42.0 Å². The zero-order valence-electron chi connectivity index (χ0n) is 9.12. The Hall–Kier alpha value is -1.28. The molecule has 0 amide bonds. The minimum absolute atomic E-state index is 0.251. The second kappa shape index (κ2) is 4.49. The molecule has 2 heteroatoms. The molecule has 15 heavy (non-hydrogen) atoms. The van der Waals surface area contributed by atoms with Crippen LogP contribution in [0, 0.1) is 0 Å². The maximum absolute atomic E-state index is 5.48. The minimum atomic E-state index is 0.251.